The first-order valence-electron chi connectivity index (χ1n) is 2.67. The Labute approximate surface area is 69.8 Å². The van der Waals surface area contributed by atoms with Crippen LogP contribution in [0.25, 0.3) is 0 Å². The minimum Gasteiger partial charge on any atom is -0.466 e. The van der Waals surface area contributed by atoms with Gasteiger partial charge in [-0.1, -0.05) is 6.08 Å². The quantitative estimate of drug-likeness (QED) is 0.377. The second kappa shape index (κ2) is 5.57. The van der Waals surface area contributed by atoms with Crippen LogP contribution in [-0.2, 0) is 9.53 Å². The normalized spacial score (nSPS) is 13.5. The molecule has 0 spiro atoms. The molecule has 58 valence electrons. The lowest BCUT2D eigenvalue weighted by atomic mass is 10.4. The molecule has 0 radical (unpaired) electrons. The molecular weight excluding hydrogens is 175 g/mol. The first-order valence-corrected chi connectivity index (χ1v) is 3.64. The van der Waals surface area contributed by atoms with Crippen molar-refractivity contribution in [2.75, 3.05) is 13.0 Å². The average Bonchev–Trinajstić information content (AvgIpc) is 1.99. The summed E-state index contributed by atoms with van der Waals surface area (Å²) >= 11 is 10.9. The first kappa shape index (κ1) is 9.79. The summed E-state index contributed by atoms with van der Waals surface area (Å²) in [5, 5.41) is -0.305. The van der Waals surface area contributed by atoms with Crippen molar-refractivity contribution in [1.82, 2.24) is 0 Å². The largest absolute Gasteiger partial charge is 0.466 e. The number of methoxy groups -OCH3 is 1. The maximum atomic E-state index is 10.4. The van der Waals surface area contributed by atoms with E-state index < -0.39 is 5.97 Å². The molecule has 1 atom stereocenters. The van der Waals surface area contributed by atoms with Gasteiger partial charge in [0.15, 0.2) is 0 Å². The lowest BCUT2D eigenvalue weighted by Crippen LogP contribution is -1.98. The lowest BCUT2D eigenvalue weighted by Gasteiger charge is -1.94. The Kier molecular flexibility index (Phi) is 5.45. The van der Waals surface area contributed by atoms with E-state index >= 15 is 0 Å². The molecule has 0 saturated heterocycles. The van der Waals surface area contributed by atoms with Crippen LogP contribution >= 0.6 is 23.2 Å². The zero-order valence-corrected chi connectivity index (χ0v) is 7.02. The van der Waals surface area contributed by atoms with Gasteiger partial charge in [0, 0.05) is 12.0 Å². The van der Waals surface area contributed by atoms with E-state index in [4.69, 9.17) is 23.2 Å². The van der Waals surface area contributed by atoms with Crippen molar-refractivity contribution in [1.29, 1.82) is 0 Å². The molecule has 10 heavy (non-hydrogen) atoms. The number of hydrogen-bond donors (Lipinski definition) is 0. The Hall–Kier alpha value is -0.210. The highest BCUT2D eigenvalue weighted by Crippen LogP contribution is 1.99. The zero-order valence-electron chi connectivity index (χ0n) is 5.51. The van der Waals surface area contributed by atoms with Crippen LogP contribution in [0.5, 0.6) is 0 Å². The van der Waals surface area contributed by atoms with E-state index in [2.05, 4.69) is 4.74 Å². The molecule has 0 amide bonds. The fourth-order valence-electron chi connectivity index (χ4n) is 0.302. The number of rotatable bonds is 3. The molecule has 0 bridgehead atoms. The third-order valence-electron chi connectivity index (χ3n) is 0.790. The van der Waals surface area contributed by atoms with E-state index in [1.807, 2.05) is 0 Å². The van der Waals surface area contributed by atoms with Crippen LogP contribution < -0.4 is 0 Å². The van der Waals surface area contributed by atoms with Crippen molar-refractivity contribution in [3.05, 3.63) is 12.2 Å². The summed E-state index contributed by atoms with van der Waals surface area (Å²) < 4.78 is 4.32. The predicted octanol–water partition coefficient (Wildman–Crippen LogP) is 1.56. The van der Waals surface area contributed by atoms with E-state index in [-0.39, 0.29) is 11.3 Å². The molecule has 0 fully saturated rings. The van der Waals surface area contributed by atoms with Gasteiger partial charge in [-0.15, -0.1) is 23.2 Å². The van der Waals surface area contributed by atoms with Crippen LogP contribution in [0.15, 0.2) is 12.2 Å². The number of allylic oxidation sites excluding steroid dienone is 1. The third kappa shape index (κ3) is 4.65. The SMILES string of the molecule is COC(=O)/C=C/C(Cl)CCl. The molecule has 0 aromatic heterocycles. The smallest absolute Gasteiger partial charge is 0.330 e. The van der Waals surface area contributed by atoms with Crippen molar-refractivity contribution in [3.63, 3.8) is 0 Å². The Morgan fingerprint density at radius 2 is 2.40 bits per heavy atom. The van der Waals surface area contributed by atoms with Crippen molar-refractivity contribution in [2.24, 2.45) is 0 Å². The molecule has 0 aliphatic rings. The summed E-state index contributed by atoms with van der Waals surface area (Å²) in [6, 6.07) is 0. The Morgan fingerprint density at radius 3 is 2.80 bits per heavy atom. The fourth-order valence-corrected chi connectivity index (χ4v) is 0.478. The molecule has 0 heterocycles. The first-order chi connectivity index (χ1) is 4.70. The summed E-state index contributed by atoms with van der Waals surface area (Å²) in [5.74, 6) is -0.134. The standard InChI is InChI=1S/C6H8Cl2O2/c1-10-6(9)3-2-5(8)4-7/h2-3,5H,4H2,1H3/b3-2+. The zero-order chi connectivity index (χ0) is 7.98. The van der Waals surface area contributed by atoms with Gasteiger partial charge in [0.2, 0.25) is 0 Å². The predicted molar refractivity (Wildman–Crippen MR) is 41.5 cm³/mol. The summed E-state index contributed by atoms with van der Waals surface area (Å²) in [7, 11) is 1.30. The summed E-state index contributed by atoms with van der Waals surface area (Å²) in [5.41, 5.74) is 0. The third-order valence-corrected chi connectivity index (χ3v) is 1.58. The molecule has 0 aromatic rings. The number of hydrogen-bond acceptors (Lipinski definition) is 2. The Morgan fingerprint density at radius 1 is 1.80 bits per heavy atom. The summed E-state index contributed by atoms with van der Waals surface area (Å²) in [6.45, 7) is 0. The van der Waals surface area contributed by atoms with E-state index in [1.54, 1.807) is 0 Å². The molecule has 1 unspecified atom stereocenters. The van der Waals surface area contributed by atoms with Gasteiger partial charge >= 0.3 is 5.97 Å². The van der Waals surface area contributed by atoms with E-state index in [1.165, 1.54) is 19.3 Å². The maximum absolute atomic E-state index is 10.4. The topological polar surface area (TPSA) is 26.3 Å². The van der Waals surface area contributed by atoms with Crippen LogP contribution in [-0.4, -0.2) is 24.3 Å². The molecule has 4 heteroatoms. The molecule has 2 nitrogen and oxygen atoms in total. The molecule has 0 aliphatic heterocycles. The minimum absolute atomic E-state index is 0.287. The number of ether oxygens (including phenoxy) is 1. The van der Waals surface area contributed by atoms with Gasteiger partial charge in [0.05, 0.1) is 12.5 Å². The number of carbonyl (C=O) groups is 1. The van der Waals surface area contributed by atoms with Crippen LogP contribution in [0.3, 0.4) is 0 Å². The fraction of sp³-hybridized carbons (Fsp3) is 0.500. The van der Waals surface area contributed by atoms with E-state index in [9.17, 15) is 4.79 Å². The van der Waals surface area contributed by atoms with Gasteiger partial charge in [0.25, 0.3) is 0 Å². The maximum Gasteiger partial charge on any atom is 0.330 e. The molecule has 0 saturated carbocycles. The average molecular weight is 183 g/mol. The van der Waals surface area contributed by atoms with Crippen LogP contribution in [0, 0.1) is 0 Å². The van der Waals surface area contributed by atoms with Gasteiger partial charge in [0.1, 0.15) is 0 Å². The van der Waals surface area contributed by atoms with Crippen molar-refractivity contribution in [3.8, 4) is 0 Å². The molecule has 0 aliphatic carbocycles. The highest BCUT2D eigenvalue weighted by atomic mass is 35.5. The van der Waals surface area contributed by atoms with Gasteiger partial charge in [-0.05, 0) is 0 Å². The molecule has 0 rings (SSSR count). The van der Waals surface area contributed by atoms with Gasteiger partial charge in [-0.2, -0.15) is 0 Å². The van der Waals surface area contributed by atoms with Crippen LogP contribution in [0.4, 0.5) is 0 Å². The van der Waals surface area contributed by atoms with Crippen molar-refractivity contribution >= 4 is 29.2 Å². The monoisotopic (exact) mass is 182 g/mol. The van der Waals surface area contributed by atoms with Crippen molar-refractivity contribution < 1.29 is 9.53 Å². The second-order valence-corrected chi connectivity index (χ2v) is 2.42. The van der Waals surface area contributed by atoms with Gasteiger partial charge in [-0.3, -0.25) is 0 Å². The van der Waals surface area contributed by atoms with Crippen LogP contribution in [0.2, 0.25) is 0 Å². The summed E-state index contributed by atoms with van der Waals surface area (Å²) in [6.07, 6.45) is 2.74. The lowest BCUT2D eigenvalue weighted by molar-refractivity contribution is -0.134. The van der Waals surface area contributed by atoms with Crippen molar-refractivity contribution in [2.45, 2.75) is 5.38 Å². The number of halogens is 2. The van der Waals surface area contributed by atoms with Crippen LogP contribution in [0.1, 0.15) is 0 Å². The summed E-state index contributed by atoms with van der Waals surface area (Å²) in [4.78, 5) is 10.4. The molecular formula is C6H8Cl2O2. The Balaban J connectivity index is 3.63. The van der Waals surface area contributed by atoms with E-state index in [0.717, 1.165) is 0 Å². The Bertz CT molecular complexity index is 134. The molecule has 0 aromatic carbocycles. The minimum atomic E-state index is -0.421. The number of carbonyl (C=O) groups excluding carboxylic acids is 1. The van der Waals surface area contributed by atoms with Gasteiger partial charge < -0.3 is 4.74 Å². The van der Waals surface area contributed by atoms with E-state index in [0.29, 0.717) is 0 Å². The molecule has 0 N–H and O–H groups in total. The highest BCUT2D eigenvalue weighted by molar-refractivity contribution is 6.29. The van der Waals surface area contributed by atoms with Gasteiger partial charge in [-0.25, -0.2) is 4.79 Å². The highest BCUT2D eigenvalue weighted by Gasteiger charge is 1.97. The second-order valence-electron chi connectivity index (χ2n) is 1.55. The number of alkyl halides is 2. The number of esters is 1.